The van der Waals surface area contributed by atoms with Gasteiger partial charge < -0.3 is 5.32 Å². The van der Waals surface area contributed by atoms with Gasteiger partial charge in [-0.2, -0.15) is 0 Å². The molecule has 94 valence electrons. The number of rotatable bonds is 5. The Labute approximate surface area is 122 Å². The summed E-state index contributed by atoms with van der Waals surface area (Å²) in [5.74, 6) is 0. The summed E-state index contributed by atoms with van der Waals surface area (Å²) in [6.07, 6.45) is 5.79. The molecule has 1 unspecified atom stereocenters. The average molecular weight is 352 g/mol. The minimum Gasteiger partial charge on any atom is -0.316 e. The molecule has 0 bridgehead atoms. The summed E-state index contributed by atoms with van der Waals surface area (Å²) in [7, 11) is 2.03. The van der Waals surface area contributed by atoms with Crippen LogP contribution in [0.25, 0.3) is 0 Å². The van der Waals surface area contributed by atoms with E-state index in [4.69, 9.17) is 0 Å². The van der Waals surface area contributed by atoms with E-state index in [9.17, 15) is 0 Å². The van der Waals surface area contributed by atoms with E-state index in [2.05, 4.69) is 69.3 Å². The molecule has 0 spiro atoms. The SMILES string of the molecule is CNC(Cc1ccncc1)Cc1ccc(I)cc1. The molecule has 0 aliphatic rings. The Kier molecular flexibility index (Phi) is 5.13. The van der Waals surface area contributed by atoms with Gasteiger partial charge in [0, 0.05) is 22.0 Å². The summed E-state index contributed by atoms with van der Waals surface area (Å²) in [6, 6.07) is 13.4. The first-order valence-corrected chi connectivity index (χ1v) is 7.16. The second-order valence-electron chi connectivity index (χ2n) is 4.38. The van der Waals surface area contributed by atoms with Crippen molar-refractivity contribution in [3.63, 3.8) is 0 Å². The molecule has 0 aliphatic carbocycles. The lowest BCUT2D eigenvalue weighted by Crippen LogP contribution is -2.29. The fraction of sp³-hybridized carbons (Fsp3) is 0.267. The van der Waals surface area contributed by atoms with Crippen molar-refractivity contribution in [3.8, 4) is 0 Å². The fourth-order valence-corrected chi connectivity index (χ4v) is 2.34. The van der Waals surface area contributed by atoms with Gasteiger partial charge >= 0.3 is 0 Å². The average Bonchev–Trinajstić information content (AvgIpc) is 2.41. The number of hydrogen-bond acceptors (Lipinski definition) is 2. The van der Waals surface area contributed by atoms with E-state index in [0.29, 0.717) is 6.04 Å². The van der Waals surface area contributed by atoms with Gasteiger partial charge in [0.15, 0.2) is 0 Å². The molecule has 1 N–H and O–H groups in total. The number of halogens is 1. The Morgan fingerprint density at radius 3 is 2.11 bits per heavy atom. The Morgan fingerprint density at radius 1 is 1.00 bits per heavy atom. The minimum atomic E-state index is 0.465. The molecule has 1 atom stereocenters. The molecule has 0 saturated heterocycles. The first kappa shape index (κ1) is 13.5. The van der Waals surface area contributed by atoms with Crippen LogP contribution in [0.1, 0.15) is 11.1 Å². The predicted octanol–water partition coefficient (Wildman–Crippen LogP) is 3.06. The molecule has 0 amide bonds. The highest BCUT2D eigenvalue weighted by molar-refractivity contribution is 14.1. The predicted molar refractivity (Wildman–Crippen MR) is 83.7 cm³/mol. The number of pyridine rings is 1. The minimum absolute atomic E-state index is 0.465. The number of hydrogen-bond donors (Lipinski definition) is 1. The zero-order valence-electron chi connectivity index (χ0n) is 10.4. The van der Waals surface area contributed by atoms with Crippen LogP contribution in [0.4, 0.5) is 0 Å². The third kappa shape index (κ3) is 4.07. The Bertz CT molecular complexity index is 468. The highest BCUT2D eigenvalue weighted by Crippen LogP contribution is 2.11. The number of benzene rings is 1. The van der Waals surface area contributed by atoms with E-state index in [1.807, 2.05) is 19.4 Å². The van der Waals surface area contributed by atoms with Crippen LogP contribution in [-0.4, -0.2) is 18.1 Å². The second-order valence-corrected chi connectivity index (χ2v) is 5.62. The standard InChI is InChI=1S/C15H17IN2/c1-17-15(11-13-6-8-18-9-7-13)10-12-2-4-14(16)5-3-12/h2-9,15,17H,10-11H2,1H3. The largest absolute Gasteiger partial charge is 0.316 e. The van der Waals surface area contributed by atoms with Gasteiger partial charge in [-0.1, -0.05) is 12.1 Å². The van der Waals surface area contributed by atoms with E-state index in [0.717, 1.165) is 12.8 Å². The molecule has 0 saturated carbocycles. The molecule has 2 rings (SSSR count). The maximum atomic E-state index is 4.05. The van der Waals surface area contributed by atoms with Crippen LogP contribution in [0.2, 0.25) is 0 Å². The zero-order valence-corrected chi connectivity index (χ0v) is 12.6. The summed E-state index contributed by atoms with van der Waals surface area (Å²) in [5, 5.41) is 3.39. The van der Waals surface area contributed by atoms with Gasteiger partial charge in [-0.25, -0.2) is 0 Å². The van der Waals surface area contributed by atoms with Crippen LogP contribution in [0.5, 0.6) is 0 Å². The molecule has 0 fully saturated rings. The van der Waals surface area contributed by atoms with Crippen molar-refractivity contribution in [3.05, 3.63) is 63.5 Å². The summed E-state index contributed by atoms with van der Waals surface area (Å²) >= 11 is 2.34. The highest BCUT2D eigenvalue weighted by Gasteiger charge is 2.08. The Balaban J connectivity index is 1.99. The number of nitrogens with one attached hydrogen (secondary N) is 1. The lowest BCUT2D eigenvalue weighted by Gasteiger charge is -2.16. The normalized spacial score (nSPS) is 12.3. The number of nitrogens with zero attached hydrogens (tertiary/aromatic N) is 1. The molecule has 2 nitrogen and oxygen atoms in total. The van der Waals surface area contributed by atoms with Crippen molar-refractivity contribution < 1.29 is 0 Å². The van der Waals surface area contributed by atoms with Gasteiger partial charge in [0.2, 0.25) is 0 Å². The first-order valence-electron chi connectivity index (χ1n) is 6.08. The van der Waals surface area contributed by atoms with E-state index in [1.54, 1.807) is 0 Å². The lowest BCUT2D eigenvalue weighted by atomic mass is 10.00. The van der Waals surface area contributed by atoms with E-state index < -0.39 is 0 Å². The monoisotopic (exact) mass is 352 g/mol. The molecule has 0 aliphatic heterocycles. The topological polar surface area (TPSA) is 24.9 Å². The molecule has 2 aromatic rings. The van der Waals surface area contributed by atoms with Gasteiger partial charge in [-0.3, -0.25) is 4.98 Å². The first-order chi connectivity index (χ1) is 8.78. The zero-order chi connectivity index (χ0) is 12.8. The summed E-state index contributed by atoms with van der Waals surface area (Å²) in [5.41, 5.74) is 2.71. The maximum absolute atomic E-state index is 4.05. The quantitative estimate of drug-likeness (QED) is 0.837. The molecular formula is C15H17IN2. The van der Waals surface area contributed by atoms with Crippen molar-refractivity contribution in [2.75, 3.05) is 7.05 Å². The maximum Gasteiger partial charge on any atom is 0.0270 e. The van der Waals surface area contributed by atoms with Crippen LogP contribution in [-0.2, 0) is 12.8 Å². The molecular weight excluding hydrogens is 335 g/mol. The van der Waals surface area contributed by atoms with E-state index >= 15 is 0 Å². The van der Waals surface area contributed by atoms with Crippen LogP contribution in [0.15, 0.2) is 48.8 Å². The van der Waals surface area contributed by atoms with Crippen LogP contribution in [0, 0.1) is 3.57 Å². The third-order valence-corrected chi connectivity index (χ3v) is 3.75. The van der Waals surface area contributed by atoms with Crippen LogP contribution >= 0.6 is 22.6 Å². The third-order valence-electron chi connectivity index (χ3n) is 3.04. The van der Waals surface area contributed by atoms with Crippen molar-refractivity contribution in [2.45, 2.75) is 18.9 Å². The lowest BCUT2D eigenvalue weighted by molar-refractivity contribution is 0.556. The molecule has 18 heavy (non-hydrogen) atoms. The van der Waals surface area contributed by atoms with Crippen molar-refractivity contribution >= 4 is 22.6 Å². The molecule has 1 aromatic heterocycles. The fourth-order valence-electron chi connectivity index (χ4n) is 1.98. The number of likely N-dealkylation sites (N-methyl/N-ethyl adjacent to an activating group) is 1. The molecule has 1 aromatic carbocycles. The highest BCUT2D eigenvalue weighted by atomic mass is 127. The molecule has 3 heteroatoms. The second kappa shape index (κ2) is 6.85. The number of aromatic nitrogens is 1. The van der Waals surface area contributed by atoms with Gasteiger partial charge in [0.1, 0.15) is 0 Å². The summed E-state index contributed by atoms with van der Waals surface area (Å²) in [4.78, 5) is 4.05. The van der Waals surface area contributed by atoms with Crippen LogP contribution in [0.3, 0.4) is 0 Å². The smallest absolute Gasteiger partial charge is 0.0270 e. The van der Waals surface area contributed by atoms with Crippen molar-refractivity contribution in [2.24, 2.45) is 0 Å². The van der Waals surface area contributed by atoms with Crippen molar-refractivity contribution in [1.29, 1.82) is 0 Å². The van der Waals surface area contributed by atoms with E-state index in [-0.39, 0.29) is 0 Å². The Morgan fingerprint density at radius 2 is 1.56 bits per heavy atom. The summed E-state index contributed by atoms with van der Waals surface area (Å²) < 4.78 is 1.28. The van der Waals surface area contributed by atoms with Crippen LogP contribution < -0.4 is 5.32 Å². The van der Waals surface area contributed by atoms with Crippen molar-refractivity contribution in [1.82, 2.24) is 10.3 Å². The molecule has 1 heterocycles. The van der Waals surface area contributed by atoms with E-state index in [1.165, 1.54) is 14.7 Å². The van der Waals surface area contributed by atoms with Gasteiger partial charge in [0.25, 0.3) is 0 Å². The van der Waals surface area contributed by atoms with Gasteiger partial charge in [-0.05, 0) is 77.9 Å². The summed E-state index contributed by atoms with van der Waals surface area (Å²) in [6.45, 7) is 0. The van der Waals surface area contributed by atoms with Gasteiger partial charge in [-0.15, -0.1) is 0 Å². The van der Waals surface area contributed by atoms with Gasteiger partial charge in [0.05, 0.1) is 0 Å². The Hall–Kier alpha value is -0.940. The molecule has 0 radical (unpaired) electrons.